The van der Waals surface area contributed by atoms with Gasteiger partial charge in [0.2, 0.25) is 0 Å². The number of anilines is 1. The minimum Gasteiger partial charge on any atom is -0.369 e. The van der Waals surface area contributed by atoms with Crippen LogP contribution in [-0.2, 0) is 0 Å². The van der Waals surface area contributed by atoms with Gasteiger partial charge in [-0.15, -0.1) is 0 Å². The van der Waals surface area contributed by atoms with Crippen LogP contribution in [0.1, 0.15) is 24.8 Å². The highest BCUT2D eigenvalue weighted by Gasteiger charge is 2.44. The van der Waals surface area contributed by atoms with E-state index in [1.165, 1.54) is 38.4 Å². The summed E-state index contributed by atoms with van der Waals surface area (Å²) in [6.07, 6.45) is 11.4. The minimum absolute atomic E-state index is 0.238. The van der Waals surface area contributed by atoms with Crippen LogP contribution < -0.4 is 4.90 Å². The predicted molar refractivity (Wildman–Crippen MR) is 135 cm³/mol. The van der Waals surface area contributed by atoms with Crippen LogP contribution in [0.5, 0.6) is 0 Å². The Morgan fingerprint density at radius 3 is 2.60 bits per heavy atom. The first-order valence-electron chi connectivity index (χ1n) is 12.6. The van der Waals surface area contributed by atoms with Gasteiger partial charge < -0.3 is 9.80 Å². The Bertz CT molecular complexity index is 1420. The summed E-state index contributed by atoms with van der Waals surface area (Å²) in [7, 11) is 2.27. The number of hydrogen-bond acceptors (Lipinski definition) is 6. The summed E-state index contributed by atoms with van der Waals surface area (Å²) >= 11 is 0. The Labute approximate surface area is 204 Å². The highest BCUT2D eigenvalue weighted by atomic mass is 19.1. The predicted octanol–water partition coefficient (Wildman–Crippen LogP) is 3.75. The standard InChI is InChI=1S/C27H30FN7/c1-17-9-23-22(3-6-29-26(23)11-25(17)28)24-13-31-35-16-21(12-30-27(24)35)33-7-4-18(5-8-33)34-15-19-10-20(34)14-32(19)2/h3,6,9,11-13,16,18-20H,4-5,7-8,10,14-15H2,1-2H3/t19-,20-/m0/s1. The molecule has 7 rings (SSSR count). The molecular formula is C27H30FN7. The lowest BCUT2D eigenvalue weighted by Gasteiger charge is -2.42. The van der Waals surface area contributed by atoms with Crippen LogP contribution in [0.2, 0.25) is 0 Å². The molecule has 0 unspecified atom stereocenters. The third-order valence-corrected chi connectivity index (χ3v) is 8.51. The summed E-state index contributed by atoms with van der Waals surface area (Å²) in [6.45, 7) is 6.35. The van der Waals surface area contributed by atoms with Crippen LogP contribution in [0, 0.1) is 12.7 Å². The van der Waals surface area contributed by atoms with Gasteiger partial charge in [-0.05, 0) is 56.5 Å². The maximum Gasteiger partial charge on any atom is 0.162 e. The molecule has 4 aromatic rings. The number of piperidine rings is 1. The molecular weight excluding hydrogens is 441 g/mol. The summed E-state index contributed by atoms with van der Waals surface area (Å²) in [5, 5.41) is 5.54. The van der Waals surface area contributed by atoms with E-state index in [-0.39, 0.29) is 5.82 Å². The number of fused-ring (bicyclic) bond motifs is 4. The van der Waals surface area contributed by atoms with Crippen molar-refractivity contribution < 1.29 is 4.39 Å². The Kier molecular flexibility index (Phi) is 4.82. The van der Waals surface area contributed by atoms with Crippen molar-refractivity contribution in [3.05, 3.63) is 54.4 Å². The Morgan fingerprint density at radius 2 is 1.83 bits per heavy atom. The van der Waals surface area contributed by atoms with Crippen LogP contribution in [0.15, 0.2) is 43.0 Å². The molecule has 0 saturated carbocycles. The molecule has 2 bridgehead atoms. The molecule has 3 fully saturated rings. The van der Waals surface area contributed by atoms with E-state index in [9.17, 15) is 4.39 Å². The zero-order chi connectivity index (χ0) is 23.7. The van der Waals surface area contributed by atoms with E-state index in [2.05, 4.69) is 38.0 Å². The molecule has 2 atom stereocenters. The molecule has 35 heavy (non-hydrogen) atoms. The van der Waals surface area contributed by atoms with E-state index in [1.54, 1.807) is 13.1 Å². The molecule has 180 valence electrons. The second kappa shape index (κ2) is 7.96. The van der Waals surface area contributed by atoms with Crippen LogP contribution >= 0.6 is 0 Å². The second-order valence-electron chi connectivity index (χ2n) is 10.5. The fourth-order valence-electron chi connectivity index (χ4n) is 6.53. The summed E-state index contributed by atoms with van der Waals surface area (Å²) in [6, 6.07) is 7.54. The summed E-state index contributed by atoms with van der Waals surface area (Å²) in [5.41, 5.74) is 5.07. The van der Waals surface area contributed by atoms with Gasteiger partial charge in [0.25, 0.3) is 0 Å². The minimum atomic E-state index is -0.238. The van der Waals surface area contributed by atoms with Gasteiger partial charge in [-0.25, -0.2) is 13.9 Å². The van der Waals surface area contributed by atoms with Gasteiger partial charge in [-0.3, -0.25) is 9.88 Å². The number of pyridine rings is 1. The number of hydrogen-bond donors (Lipinski definition) is 0. The molecule has 8 heteroatoms. The average Bonchev–Trinajstić information content (AvgIpc) is 3.58. The fraction of sp³-hybridized carbons (Fsp3) is 0.444. The van der Waals surface area contributed by atoms with Crippen molar-refractivity contribution >= 4 is 22.2 Å². The number of piperazine rings is 1. The largest absolute Gasteiger partial charge is 0.369 e. The number of likely N-dealkylation sites (N-methyl/N-ethyl adjacent to an activating group) is 1. The zero-order valence-electron chi connectivity index (χ0n) is 20.2. The average molecular weight is 472 g/mol. The molecule has 0 radical (unpaired) electrons. The molecule has 0 aliphatic carbocycles. The third kappa shape index (κ3) is 3.42. The molecule has 6 heterocycles. The Hall–Kier alpha value is -3.10. The Balaban J connectivity index is 1.13. The Morgan fingerprint density at radius 1 is 0.971 bits per heavy atom. The van der Waals surface area contributed by atoms with Crippen molar-refractivity contribution in [1.29, 1.82) is 0 Å². The second-order valence-corrected chi connectivity index (χ2v) is 10.5. The lowest BCUT2D eigenvalue weighted by Crippen LogP contribution is -2.52. The number of nitrogens with zero attached hydrogens (tertiary/aromatic N) is 7. The molecule has 0 N–H and O–H groups in total. The van der Waals surface area contributed by atoms with Gasteiger partial charge in [0.1, 0.15) is 5.82 Å². The molecule has 3 saturated heterocycles. The third-order valence-electron chi connectivity index (χ3n) is 8.51. The number of benzene rings is 1. The van der Waals surface area contributed by atoms with Crippen LogP contribution in [-0.4, -0.2) is 80.7 Å². The van der Waals surface area contributed by atoms with Crippen molar-refractivity contribution in [2.45, 2.75) is 44.3 Å². The summed E-state index contributed by atoms with van der Waals surface area (Å²) in [5.74, 6) is -0.238. The number of aromatic nitrogens is 4. The normalized spacial score (nSPS) is 23.8. The maximum atomic E-state index is 14.1. The summed E-state index contributed by atoms with van der Waals surface area (Å²) < 4.78 is 16.0. The van der Waals surface area contributed by atoms with Crippen molar-refractivity contribution in [2.24, 2.45) is 0 Å². The fourth-order valence-corrected chi connectivity index (χ4v) is 6.53. The van der Waals surface area contributed by atoms with Gasteiger partial charge in [0.15, 0.2) is 5.65 Å². The number of halogens is 1. The van der Waals surface area contributed by atoms with Gasteiger partial charge in [-0.2, -0.15) is 5.10 Å². The van der Waals surface area contributed by atoms with Crippen molar-refractivity contribution in [3.8, 4) is 11.1 Å². The van der Waals surface area contributed by atoms with E-state index in [0.717, 1.165) is 53.0 Å². The maximum absolute atomic E-state index is 14.1. The lowest BCUT2D eigenvalue weighted by molar-refractivity contribution is 0.0929. The molecule has 0 spiro atoms. The number of rotatable bonds is 3. The topological polar surface area (TPSA) is 52.8 Å². The van der Waals surface area contributed by atoms with Gasteiger partial charge >= 0.3 is 0 Å². The van der Waals surface area contributed by atoms with E-state index < -0.39 is 0 Å². The van der Waals surface area contributed by atoms with Crippen molar-refractivity contribution in [3.63, 3.8) is 0 Å². The van der Waals surface area contributed by atoms with Crippen molar-refractivity contribution in [2.75, 3.05) is 38.1 Å². The summed E-state index contributed by atoms with van der Waals surface area (Å²) in [4.78, 5) is 16.9. The van der Waals surface area contributed by atoms with Gasteiger partial charge in [0, 0.05) is 67.5 Å². The molecule has 3 aromatic heterocycles. The smallest absolute Gasteiger partial charge is 0.162 e. The molecule has 3 aliphatic heterocycles. The SMILES string of the molecule is Cc1cc2c(-c3cnn4cc(N5CCC(N6C[C@@H]7C[C@H]6CN7C)CC5)cnc34)ccnc2cc1F. The van der Waals surface area contributed by atoms with E-state index in [0.29, 0.717) is 17.1 Å². The van der Waals surface area contributed by atoms with Crippen LogP contribution in [0.3, 0.4) is 0 Å². The molecule has 1 aromatic carbocycles. The first-order valence-corrected chi connectivity index (χ1v) is 12.6. The quantitative estimate of drug-likeness (QED) is 0.454. The van der Waals surface area contributed by atoms with E-state index in [1.807, 2.05) is 29.0 Å². The van der Waals surface area contributed by atoms with Gasteiger partial charge in [0.05, 0.1) is 29.8 Å². The van der Waals surface area contributed by atoms with E-state index in [4.69, 9.17) is 4.98 Å². The number of likely N-dealkylation sites (tertiary alicyclic amines) is 2. The van der Waals surface area contributed by atoms with Crippen LogP contribution in [0.25, 0.3) is 27.7 Å². The zero-order valence-corrected chi connectivity index (χ0v) is 20.2. The van der Waals surface area contributed by atoms with Gasteiger partial charge in [-0.1, -0.05) is 0 Å². The number of aryl methyl sites for hydroxylation is 1. The molecule has 7 nitrogen and oxygen atoms in total. The highest BCUT2D eigenvalue weighted by Crippen LogP contribution is 2.35. The molecule has 0 amide bonds. The first-order chi connectivity index (χ1) is 17.0. The van der Waals surface area contributed by atoms with E-state index >= 15 is 0 Å². The first kappa shape index (κ1) is 21.2. The monoisotopic (exact) mass is 471 g/mol. The lowest BCUT2D eigenvalue weighted by atomic mass is 10.0. The van der Waals surface area contributed by atoms with Crippen molar-refractivity contribution in [1.82, 2.24) is 29.4 Å². The molecule has 3 aliphatic rings. The highest BCUT2D eigenvalue weighted by molar-refractivity contribution is 5.98. The van der Waals surface area contributed by atoms with Crippen LogP contribution in [0.4, 0.5) is 10.1 Å².